The van der Waals surface area contributed by atoms with E-state index in [0.29, 0.717) is 0 Å². The first-order valence-corrected chi connectivity index (χ1v) is 7.53. The van der Waals surface area contributed by atoms with E-state index in [9.17, 15) is 14.7 Å². The molecule has 10 nitrogen and oxygen atoms in total. The SMILES string of the molecule is [N-]=[N+]=NC(CBr)c1cn(C2CC(O)C(CO)O2)c(=O)[nH]c1=O. The molecule has 0 amide bonds. The third-order valence-electron chi connectivity index (χ3n) is 3.39. The minimum Gasteiger partial charge on any atom is -0.394 e. The minimum atomic E-state index is -0.915. The van der Waals surface area contributed by atoms with Crippen molar-refractivity contribution in [1.82, 2.24) is 9.55 Å². The molecule has 0 spiro atoms. The molecule has 4 atom stereocenters. The van der Waals surface area contributed by atoms with E-state index in [1.54, 1.807) is 0 Å². The van der Waals surface area contributed by atoms with Crippen LogP contribution in [0.5, 0.6) is 0 Å². The number of H-pyrrole nitrogens is 1. The van der Waals surface area contributed by atoms with Gasteiger partial charge in [-0.3, -0.25) is 14.3 Å². The summed E-state index contributed by atoms with van der Waals surface area (Å²) in [7, 11) is 0. The molecular weight excluding hydrogens is 362 g/mol. The third kappa shape index (κ3) is 3.23. The van der Waals surface area contributed by atoms with Crippen molar-refractivity contribution in [3.05, 3.63) is 43.0 Å². The first-order chi connectivity index (χ1) is 10.5. The van der Waals surface area contributed by atoms with Crippen LogP contribution in [0, 0.1) is 0 Å². The molecule has 22 heavy (non-hydrogen) atoms. The number of halogens is 1. The fraction of sp³-hybridized carbons (Fsp3) is 0.636. The van der Waals surface area contributed by atoms with Crippen LogP contribution < -0.4 is 11.2 Å². The highest BCUT2D eigenvalue weighted by Gasteiger charge is 2.35. The molecule has 0 aromatic carbocycles. The normalized spacial score (nSPS) is 25.7. The molecule has 0 bridgehead atoms. The standard InChI is InChI=1S/C11H14BrN5O5/c12-2-6(15-16-13)5-3-17(11(21)14-10(5)20)9-1-7(19)8(4-18)22-9/h3,6-9,18-19H,1-2,4H2,(H,14,20,21). The lowest BCUT2D eigenvalue weighted by Crippen LogP contribution is -2.35. The molecule has 2 rings (SSSR count). The number of aromatic nitrogens is 2. The summed E-state index contributed by atoms with van der Waals surface area (Å²) in [4.78, 5) is 28.6. The number of nitrogens with one attached hydrogen (secondary N) is 1. The van der Waals surface area contributed by atoms with Crippen molar-refractivity contribution < 1.29 is 14.9 Å². The summed E-state index contributed by atoms with van der Waals surface area (Å²) in [5, 5.41) is 22.5. The molecule has 0 radical (unpaired) electrons. The Labute approximate surface area is 132 Å². The Balaban J connectivity index is 2.43. The molecule has 1 aliphatic heterocycles. The molecule has 4 unspecified atom stereocenters. The van der Waals surface area contributed by atoms with Crippen LogP contribution in [-0.2, 0) is 4.74 Å². The van der Waals surface area contributed by atoms with Gasteiger partial charge in [0.25, 0.3) is 5.56 Å². The van der Waals surface area contributed by atoms with E-state index in [4.69, 9.17) is 15.4 Å². The van der Waals surface area contributed by atoms with E-state index >= 15 is 0 Å². The number of hydrogen-bond donors (Lipinski definition) is 3. The van der Waals surface area contributed by atoms with Crippen molar-refractivity contribution in [1.29, 1.82) is 0 Å². The Hall–Kier alpha value is -1.65. The monoisotopic (exact) mass is 375 g/mol. The largest absolute Gasteiger partial charge is 0.394 e. The summed E-state index contributed by atoms with van der Waals surface area (Å²) >= 11 is 3.14. The molecule has 120 valence electrons. The van der Waals surface area contributed by atoms with E-state index in [1.807, 2.05) is 0 Å². The predicted octanol–water partition coefficient (Wildman–Crippen LogP) is -0.0764. The second-order valence-corrected chi connectivity index (χ2v) is 5.39. The highest BCUT2D eigenvalue weighted by Crippen LogP contribution is 2.28. The van der Waals surface area contributed by atoms with Crippen LogP contribution in [0.3, 0.4) is 0 Å². The molecular formula is C11H14BrN5O5. The Kier molecular flexibility index (Phi) is 5.37. The van der Waals surface area contributed by atoms with Gasteiger partial charge in [0.2, 0.25) is 0 Å². The smallest absolute Gasteiger partial charge is 0.330 e. The van der Waals surface area contributed by atoms with Gasteiger partial charge in [-0.05, 0) is 5.53 Å². The van der Waals surface area contributed by atoms with Gasteiger partial charge in [-0.25, -0.2) is 4.79 Å². The van der Waals surface area contributed by atoms with Gasteiger partial charge in [0, 0.05) is 28.4 Å². The molecule has 1 aromatic rings. The number of nitrogens with zero attached hydrogens (tertiary/aromatic N) is 4. The summed E-state index contributed by atoms with van der Waals surface area (Å²) in [6.07, 6.45) is -1.19. The molecule has 2 heterocycles. The van der Waals surface area contributed by atoms with Crippen LogP contribution in [0.1, 0.15) is 24.3 Å². The fourth-order valence-corrected chi connectivity index (χ4v) is 2.72. The van der Waals surface area contributed by atoms with Crippen LogP contribution in [0.4, 0.5) is 0 Å². The van der Waals surface area contributed by atoms with Crippen LogP contribution >= 0.6 is 15.9 Å². The Bertz CT molecular complexity index is 697. The lowest BCUT2D eigenvalue weighted by molar-refractivity contribution is -0.0460. The number of ether oxygens (including phenoxy) is 1. The first kappa shape index (κ1) is 16.7. The maximum absolute atomic E-state index is 11.9. The van der Waals surface area contributed by atoms with Gasteiger partial charge >= 0.3 is 5.69 Å². The van der Waals surface area contributed by atoms with Crippen molar-refractivity contribution in [2.45, 2.75) is 30.9 Å². The van der Waals surface area contributed by atoms with E-state index < -0.39 is 35.7 Å². The zero-order chi connectivity index (χ0) is 16.3. The van der Waals surface area contributed by atoms with Gasteiger partial charge in [-0.1, -0.05) is 21.0 Å². The first-order valence-electron chi connectivity index (χ1n) is 6.41. The second kappa shape index (κ2) is 7.07. The number of azide groups is 1. The number of aliphatic hydroxyl groups is 2. The molecule has 11 heteroatoms. The number of aliphatic hydroxyl groups excluding tert-OH is 2. The Morgan fingerprint density at radius 2 is 2.36 bits per heavy atom. The predicted molar refractivity (Wildman–Crippen MR) is 78.6 cm³/mol. The number of alkyl halides is 1. The van der Waals surface area contributed by atoms with Gasteiger partial charge in [0.15, 0.2) is 0 Å². The molecule has 0 saturated carbocycles. The molecule has 3 N–H and O–H groups in total. The van der Waals surface area contributed by atoms with Gasteiger partial charge in [-0.2, -0.15) is 0 Å². The van der Waals surface area contributed by atoms with Crippen LogP contribution in [0.2, 0.25) is 0 Å². The molecule has 1 fully saturated rings. The maximum atomic E-state index is 11.9. The van der Waals surface area contributed by atoms with E-state index in [-0.39, 0.29) is 23.9 Å². The maximum Gasteiger partial charge on any atom is 0.330 e. The number of aromatic amines is 1. The van der Waals surface area contributed by atoms with Crippen LogP contribution in [-0.4, -0.2) is 43.9 Å². The molecule has 1 aliphatic rings. The van der Waals surface area contributed by atoms with Crippen molar-refractivity contribution in [2.75, 3.05) is 11.9 Å². The third-order valence-corrected chi connectivity index (χ3v) is 4.00. The number of hydrogen-bond acceptors (Lipinski definition) is 6. The molecule has 1 saturated heterocycles. The lowest BCUT2D eigenvalue weighted by Gasteiger charge is -2.16. The van der Waals surface area contributed by atoms with Crippen molar-refractivity contribution in [2.24, 2.45) is 5.11 Å². The summed E-state index contributed by atoms with van der Waals surface area (Å²) < 4.78 is 6.49. The zero-order valence-corrected chi connectivity index (χ0v) is 12.9. The quantitative estimate of drug-likeness (QED) is 0.284. The van der Waals surface area contributed by atoms with Crippen molar-refractivity contribution in [3.63, 3.8) is 0 Å². The number of rotatable bonds is 5. The average molecular weight is 376 g/mol. The average Bonchev–Trinajstić information content (AvgIpc) is 2.86. The minimum absolute atomic E-state index is 0.0944. The lowest BCUT2D eigenvalue weighted by atomic mass is 10.1. The topological polar surface area (TPSA) is 153 Å². The van der Waals surface area contributed by atoms with Gasteiger partial charge < -0.3 is 14.9 Å². The second-order valence-electron chi connectivity index (χ2n) is 4.74. The Morgan fingerprint density at radius 1 is 1.64 bits per heavy atom. The van der Waals surface area contributed by atoms with Gasteiger partial charge in [0.1, 0.15) is 12.3 Å². The Morgan fingerprint density at radius 3 is 2.91 bits per heavy atom. The summed E-state index contributed by atoms with van der Waals surface area (Å²) in [5.74, 6) is 0. The zero-order valence-electron chi connectivity index (χ0n) is 11.3. The highest BCUT2D eigenvalue weighted by molar-refractivity contribution is 9.09. The van der Waals surface area contributed by atoms with Crippen LogP contribution in [0.25, 0.3) is 10.4 Å². The fourth-order valence-electron chi connectivity index (χ4n) is 2.24. The van der Waals surface area contributed by atoms with Crippen LogP contribution in [0.15, 0.2) is 20.9 Å². The van der Waals surface area contributed by atoms with E-state index in [0.717, 1.165) is 4.57 Å². The van der Waals surface area contributed by atoms with Crippen molar-refractivity contribution in [3.8, 4) is 0 Å². The molecule has 1 aromatic heterocycles. The summed E-state index contributed by atoms with van der Waals surface area (Å²) in [6.45, 7) is -0.384. The van der Waals surface area contributed by atoms with E-state index in [2.05, 4.69) is 30.9 Å². The summed E-state index contributed by atoms with van der Waals surface area (Å²) in [6, 6.07) is -0.791. The van der Waals surface area contributed by atoms with E-state index in [1.165, 1.54) is 6.20 Å². The van der Waals surface area contributed by atoms with Crippen molar-refractivity contribution >= 4 is 15.9 Å². The van der Waals surface area contributed by atoms with Gasteiger partial charge in [0.05, 0.1) is 18.8 Å². The molecule has 0 aliphatic carbocycles. The summed E-state index contributed by atoms with van der Waals surface area (Å²) in [5.41, 5.74) is 7.26. The highest BCUT2D eigenvalue weighted by atomic mass is 79.9. The van der Waals surface area contributed by atoms with Gasteiger partial charge in [-0.15, -0.1) is 0 Å².